The summed E-state index contributed by atoms with van der Waals surface area (Å²) in [4.78, 5) is 20.4. The van der Waals surface area contributed by atoms with Crippen molar-refractivity contribution in [3.63, 3.8) is 0 Å². The molecular formula is C5H12N3Na2O3PS. The van der Waals surface area contributed by atoms with Crippen molar-refractivity contribution in [1.82, 2.24) is 15.8 Å². The van der Waals surface area contributed by atoms with E-state index < -0.39 is 13.8 Å². The smallest absolute Gasteiger partial charge is 0.811 e. The van der Waals surface area contributed by atoms with Gasteiger partial charge in [-0.2, -0.15) is 0 Å². The number of nitrogens with zero attached hydrogens (tertiary/aromatic N) is 1. The number of thiocarbonyl (C=S) groups is 1. The molecule has 0 aliphatic rings. The van der Waals surface area contributed by atoms with Gasteiger partial charge in [0.1, 0.15) is 0 Å². The van der Waals surface area contributed by atoms with Crippen LogP contribution in [0.5, 0.6) is 0 Å². The fraction of sp³-hybridized carbons (Fsp3) is 0.800. The molecule has 0 atom stereocenters. The molecule has 10 heteroatoms. The van der Waals surface area contributed by atoms with Crippen molar-refractivity contribution in [3.05, 3.63) is 0 Å². The van der Waals surface area contributed by atoms with Crippen LogP contribution in [-0.4, -0.2) is 36.9 Å². The molecule has 15 heavy (non-hydrogen) atoms. The maximum Gasteiger partial charge on any atom is 1.00 e. The summed E-state index contributed by atoms with van der Waals surface area (Å²) in [5, 5.41) is 4.47. The summed E-state index contributed by atoms with van der Waals surface area (Å²) in [5.74, 6) is 0. The van der Waals surface area contributed by atoms with E-state index in [0.29, 0.717) is 5.11 Å². The molecule has 0 fully saturated rings. The normalized spacial score (nSPS) is 9.93. The Morgan fingerprint density at radius 2 is 1.87 bits per heavy atom. The van der Waals surface area contributed by atoms with Gasteiger partial charge in [0.25, 0.3) is 0 Å². The first-order chi connectivity index (χ1) is 5.81. The molecule has 0 aliphatic heterocycles. The second kappa shape index (κ2) is 10.9. The predicted molar refractivity (Wildman–Crippen MR) is 49.9 cm³/mol. The zero-order chi connectivity index (χ0) is 10.5. The summed E-state index contributed by atoms with van der Waals surface area (Å²) in [6, 6.07) is 0. The second-order valence-corrected chi connectivity index (χ2v) is 4.67. The van der Waals surface area contributed by atoms with E-state index in [1.54, 1.807) is 19.1 Å². The van der Waals surface area contributed by atoms with Gasteiger partial charge in [-0.1, -0.05) is 7.60 Å². The molecule has 6 nitrogen and oxygen atoms in total. The Hall–Kier alpha value is 1.80. The van der Waals surface area contributed by atoms with Crippen LogP contribution in [0.4, 0.5) is 0 Å². The standard InChI is InChI=1S/C5H14N3O3PS.2Na/c1-8(2)7-5(13)6-3-4-12(9,10)11;;/h3-4H2,1-2H3,(H2,6,7,13)(H2,9,10,11);;/q;2*+1/p-2. The van der Waals surface area contributed by atoms with E-state index in [9.17, 15) is 14.4 Å². The van der Waals surface area contributed by atoms with Gasteiger partial charge in [0.05, 0.1) is 0 Å². The Kier molecular flexibility index (Phi) is 16.0. The van der Waals surface area contributed by atoms with E-state index in [4.69, 9.17) is 12.2 Å². The Labute approximate surface area is 139 Å². The van der Waals surface area contributed by atoms with Crippen LogP contribution in [0.2, 0.25) is 0 Å². The van der Waals surface area contributed by atoms with E-state index >= 15 is 0 Å². The molecule has 0 rings (SSSR count). The van der Waals surface area contributed by atoms with Crippen LogP contribution >= 0.6 is 19.8 Å². The molecular weight excluding hydrogens is 259 g/mol. The Bertz CT molecular complexity index is 226. The molecule has 0 bridgehead atoms. The van der Waals surface area contributed by atoms with Gasteiger partial charge in [-0.05, 0) is 18.4 Å². The summed E-state index contributed by atoms with van der Waals surface area (Å²) < 4.78 is 10.2. The Balaban J connectivity index is -0.000000720. The fourth-order valence-electron chi connectivity index (χ4n) is 0.549. The molecule has 0 aromatic carbocycles. The minimum absolute atomic E-state index is 0. The van der Waals surface area contributed by atoms with Gasteiger partial charge in [0.2, 0.25) is 0 Å². The van der Waals surface area contributed by atoms with Crippen LogP contribution in [0.25, 0.3) is 0 Å². The average molecular weight is 271 g/mol. The molecule has 0 unspecified atom stereocenters. The summed E-state index contributed by atoms with van der Waals surface area (Å²) >= 11 is 4.76. The topological polar surface area (TPSA) is 90.5 Å². The zero-order valence-corrected chi connectivity index (χ0v) is 15.2. The van der Waals surface area contributed by atoms with Gasteiger partial charge in [0, 0.05) is 20.6 Å². The van der Waals surface area contributed by atoms with Gasteiger partial charge in [-0.25, -0.2) is 5.01 Å². The van der Waals surface area contributed by atoms with Crippen molar-refractivity contribution in [3.8, 4) is 0 Å². The molecule has 0 saturated heterocycles. The van der Waals surface area contributed by atoms with Crippen LogP contribution in [0, 0.1) is 0 Å². The number of hydrogen-bond acceptors (Lipinski definition) is 5. The average Bonchev–Trinajstić information content (AvgIpc) is 1.81. The number of hydrogen-bond donors (Lipinski definition) is 2. The van der Waals surface area contributed by atoms with Crippen molar-refractivity contribution in [2.24, 2.45) is 0 Å². The molecule has 0 heterocycles. The van der Waals surface area contributed by atoms with Crippen molar-refractivity contribution in [1.29, 1.82) is 0 Å². The maximum absolute atomic E-state index is 10.2. The molecule has 0 spiro atoms. The second-order valence-electron chi connectivity index (χ2n) is 2.60. The van der Waals surface area contributed by atoms with Crippen LogP contribution in [0.1, 0.15) is 0 Å². The van der Waals surface area contributed by atoms with Gasteiger partial charge in [0.15, 0.2) is 5.11 Å². The minimum atomic E-state index is -4.42. The number of hydrazine groups is 1. The van der Waals surface area contributed by atoms with E-state index in [1.165, 1.54) is 0 Å². The number of nitrogens with one attached hydrogen (secondary N) is 2. The van der Waals surface area contributed by atoms with Gasteiger partial charge in [-0.3, -0.25) is 5.43 Å². The summed E-state index contributed by atoms with van der Waals surface area (Å²) in [5.41, 5.74) is 2.69. The monoisotopic (exact) mass is 271 g/mol. The van der Waals surface area contributed by atoms with E-state index in [-0.39, 0.29) is 65.7 Å². The Morgan fingerprint density at radius 3 is 2.20 bits per heavy atom. The van der Waals surface area contributed by atoms with Crippen LogP contribution in [-0.2, 0) is 4.57 Å². The quantitative estimate of drug-likeness (QED) is 0.227. The van der Waals surface area contributed by atoms with Crippen LogP contribution in [0.15, 0.2) is 0 Å². The molecule has 78 valence electrons. The largest absolute Gasteiger partial charge is 1.00 e. The van der Waals surface area contributed by atoms with Gasteiger partial charge < -0.3 is 19.7 Å². The first-order valence-corrected chi connectivity index (χ1v) is 5.68. The minimum Gasteiger partial charge on any atom is -0.811 e. The van der Waals surface area contributed by atoms with Crippen LogP contribution in [0.3, 0.4) is 0 Å². The first kappa shape index (κ1) is 22.0. The summed E-state index contributed by atoms with van der Waals surface area (Å²) in [7, 11) is -0.947. The number of rotatable bonds is 4. The van der Waals surface area contributed by atoms with Crippen molar-refractivity contribution in [2.45, 2.75) is 0 Å². The van der Waals surface area contributed by atoms with Crippen molar-refractivity contribution < 1.29 is 73.5 Å². The Morgan fingerprint density at radius 1 is 1.40 bits per heavy atom. The van der Waals surface area contributed by atoms with Crippen molar-refractivity contribution >= 4 is 24.9 Å². The third-order valence-corrected chi connectivity index (χ3v) is 2.00. The molecule has 0 aliphatic carbocycles. The van der Waals surface area contributed by atoms with Gasteiger partial charge >= 0.3 is 59.1 Å². The molecule has 0 saturated carbocycles. The molecule has 0 aromatic heterocycles. The maximum atomic E-state index is 10.2. The third-order valence-electron chi connectivity index (χ3n) is 0.996. The summed E-state index contributed by atoms with van der Waals surface area (Å²) in [6.45, 7) is 0.0317. The zero-order valence-electron chi connectivity index (χ0n) is 9.44. The van der Waals surface area contributed by atoms with Crippen molar-refractivity contribution in [2.75, 3.05) is 26.8 Å². The van der Waals surface area contributed by atoms with Crippen LogP contribution < -0.4 is 79.6 Å². The van der Waals surface area contributed by atoms with E-state index in [2.05, 4.69) is 10.7 Å². The SMILES string of the molecule is CN(C)NC(=S)NCCP(=O)([O-])[O-].[Na+].[Na+]. The molecule has 0 radical (unpaired) electrons. The van der Waals surface area contributed by atoms with E-state index in [0.717, 1.165) is 0 Å². The molecule has 2 N–H and O–H groups in total. The predicted octanol–water partition coefficient (Wildman–Crippen LogP) is -8.15. The fourth-order valence-corrected chi connectivity index (χ4v) is 1.22. The third kappa shape index (κ3) is 18.4. The van der Waals surface area contributed by atoms with Gasteiger partial charge in [-0.15, -0.1) is 0 Å². The first-order valence-electron chi connectivity index (χ1n) is 3.54. The molecule has 0 aromatic rings. The molecule has 0 amide bonds. The summed E-state index contributed by atoms with van der Waals surface area (Å²) in [6.07, 6.45) is -0.442. The van der Waals surface area contributed by atoms with E-state index in [1.807, 2.05) is 0 Å².